The minimum absolute atomic E-state index is 0.00287. The van der Waals surface area contributed by atoms with Crippen molar-refractivity contribution in [3.63, 3.8) is 0 Å². The van der Waals surface area contributed by atoms with E-state index in [2.05, 4.69) is 64.6 Å². The number of carbonyl (C=O) groups excluding carboxylic acids is 4. The molecule has 0 saturated carbocycles. The van der Waals surface area contributed by atoms with Crippen LogP contribution in [0.15, 0.2) is 96.1 Å². The van der Waals surface area contributed by atoms with Gasteiger partial charge in [-0.1, -0.05) is 55.5 Å². The van der Waals surface area contributed by atoms with Crippen LogP contribution >= 0.6 is 0 Å². The second-order valence-electron chi connectivity index (χ2n) is 19.0. The number of pyridine rings is 1. The van der Waals surface area contributed by atoms with E-state index in [1.54, 1.807) is 46.5 Å². The molecule has 3 aliphatic rings. The highest BCUT2D eigenvalue weighted by molar-refractivity contribution is 6.03. The molecule has 374 valence electrons. The van der Waals surface area contributed by atoms with Gasteiger partial charge in [-0.25, -0.2) is 24.4 Å². The van der Waals surface area contributed by atoms with Gasteiger partial charge in [-0.3, -0.25) is 33.8 Å². The van der Waals surface area contributed by atoms with Crippen LogP contribution < -0.4 is 16.2 Å². The van der Waals surface area contributed by atoms with Crippen molar-refractivity contribution in [2.45, 2.75) is 46.1 Å². The number of aryl methyl sites for hydroxylation is 2. The molecule has 0 unspecified atom stereocenters. The number of halogens is 1. The Hall–Kier alpha value is -7.28. The molecule has 0 radical (unpaired) electrons. The van der Waals surface area contributed by atoms with Crippen molar-refractivity contribution in [2.75, 3.05) is 90.4 Å². The fraction of sp³-hybridized carbons (Fsp3) is 0.389. The van der Waals surface area contributed by atoms with E-state index in [0.717, 1.165) is 68.8 Å². The highest BCUT2D eigenvalue weighted by Crippen LogP contribution is 2.28. The first-order valence-corrected chi connectivity index (χ1v) is 24.9. The summed E-state index contributed by atoms with van der Waals surface area (Å²) in [6.45, 7) is 11.0. The summed E-state index contributed by atoms with van der Waals surface area (Å²) in [6, 6.07) is 23.4. The van der Waals surface area contributed by atoms with E-state index in [-0.39, 0.29) is 41.1 Å². The number of H-pyrrole nitrogens is 1. The molecule has 17 nitrogen and oxygen atoms in total. The van der Waals surface area contributed by atoms with Crippen molar-refractivity contribution < 1.29 is 23.6 Å². The average Bonchev–Trinajstić information content (AvgIpc) is 3.40. The van der Waals surface area contributed by atoms with E-state index in [4.69, 9.17) is 0 Å². The Bertz CT molecular complexity index is 3000. The lowest BCUT2D eigenvalue weighted by Crippen LogP contribution is -2.53. The third-order valence-corrected chi connectivity index (χ3v) is 14.0. The molecular formula is C54H61FN12O5. The van der Waals surface area contributed by atoms with Crippen LogP contribution in [0.25, 0.3) is 21.9 Å². The number of likely N-dealkylation sites (tertiary alicyclic amines) is 1. The zero-order chi connectivity index (χ0) is 50.1. The Morgan fingerprint density at radius 1 is 0.750 bits per heavy atom. The topological polar surface area (TPSA) is 193 Å². The molecule has 0 atom stereocenters. The number of amides is 4. The first-order chi connectivity index (χ1) is 35.0. The lowest BCUT2D eigenvalue weighted by Gasteiger charge is -2.39. The monoisotopic (exact) mass is 976 g/mol. The summed E-state index contributed by atoms with van der Waals surface area (Å²) in [5.41, 5.74) is 5.34. The van der Waals surface area contributed by atoms with Crippen LogP contribution in [-0.2, 0) is 29.0 Å². The predicted octanol–water partition coefficient (Wildman–Crippen LogP) is 4.56. The SMILES string of the molecule is CCc1cccc(-c2cnc(C(=O)N3CCN(CC4CCN(CC(=O)N5CCN(C(=O)c6cc(Cc7n[nH]c(=O)c8ccccc78)ccc6F)CC5)CC4)CC3)c(NC(=O)CNCc3nccc(C)n3)c2)c1. The Morgan fingerprint density at radius 2 is 1.49 bits per heavy atom. The van der Waals surface area contributed by atoms with Gasteiger partial charge in [-0.2, -0.15) is 5.10 Å². The van der Waals surface area contributed by atoms with Crippen molar-refractivity contribution in [1.29, 1.82) is 0 Å². The zero-order valence-corrected chi connectivity index (χ0v) is 40.9. The number of aromatic nitrogens is 5. The minimum atomic E-state index is -0.612. The lowest BCUT2D eigenvalue weighted by atomic mass is 9.96. The van der Waals surface area contributed by atoms with Crippen LogP contribution in [-0.4, -0.2) is 158 Å². The van der Waals surface area contributed by atoms with Crippen molar-refractivity contribution in [3.05, 3.63) is 147 Å². The number of piperidine rings is 1. The smallest absolute Gasteiger partial charge is 0.274 e. The van der Waals surface area contributed by atoms with Crippen molar-refractivity contribution in [3.8, 4) is 11.1 Å². The van der Waals surface area contributed by atoms with E-state index < -0.39 is 11.7 Å². The van der Waals surface area contributed by atoms with Crippen molar-refractivity contribution in [1.82, 2.24) is 55.0 Å². The van der Waals surface area contributed by atoms with Gasteiger partial charge < -0.3 is 25.3 Å². The Morgan fingerprint density at radius 3 is 2.25 bits per heavy atom. The molecule has 0 aliphatic carbocycles. The maximum absolute atomic E-state index is 15.1. The largest absolute Gasteiger partial charge is 0.338 e. The fourth-order valence-corrected chi connectivity index (χ4v) is 9.87. The number of rotatable bonds is 15. The molecule has 6 heterocycles. The van der Waals surface area contributed by atoms with E-state index in [1.165, 1.54) is 11.6 Å². The highest BCUT2D eigenvalue weighted by Gasteiger charge is 2.31. The number of benzene rings is 3. The Kier molecular flexibility index (Phi) is 15.8. The number of nitrogens with one attached hydrogen (secondary N) is 3. The fourth-order valence-electron chi connectivity index (χ4n) is 9.87. The maximum Gasteiger partial charge on any atom is 0.274 e. The molecule has 6 aromatic rings. The number of hydrogen-bond donors (Lipinski definition) is 3. The molecular weight excluding hydrogens is 916 g/mol. The van der Waals surface area contributed by atoms with Gasteiger partial charge in [0.25, 0.3) is 17.4 Å². The average molecular weight is 977 g/mol. The number of carbonyl (C=O) groups is 4. The number of hydrogen-bond acceptors (Lipinski definition) is 12. The molecule has 4 amide bonds. The van der Waals surface area contributed by atoms with Crippen LogP contribution in [0, 0.1) is 18.7 Å². The normalized spacial score (nSPS) is 16.0. The number of fused-ring (bicyclic) bond motifs is 1. The van der Waals surface area contributed by atoms with E-state index in [9.17, 15) is 24.0 Å². The van der Waals surface area contributed by atoms with Crippen molar-refractivity contribution >= 4 is 40.1 Å². The van der Waals surface area contributed by atoms with Gasteiger partial charge in [0.15, 0.2) is 5.69 Å². The van der Waals surface area contributed by atoms with Crippen LogP contribution in [0.1, 0.15) is 69.0 Å². The minimum Gasteiger partial charge on any atom is -0.338 e. The summed E-state index contributed by atoms with van der Waals surface area (Å²) in [5.74, 6) is -0.486. The van der Waals surface area contributed by atoms with Crippen LogP contribution in [0.2, 0.25) is 0 Å². The molecule has 3 saturated heterocycles. The van der Waals surface area contributed by atoms with Gasteiger partial charge in [0.1, 0.15) is 11.6 Å². The number of anilines is 1. The number of aromatic amines is 1. The second-order valence-corrected chi connectivity index (χ2v) is 19.0. The number of nitrogens with zero attached hydrogens (tertiary/aromatic N) is 9. The first kappa shape index (κ1) is 49.7. The van der Waals surface area contributed by atoms with Gasteiger partial charge in [0.2, 0.25) is 11.8 Å². The van der Waals surface area contributed by atoms with E-state index >= 15 is 4.39 Å². The summed E-state index contributed by atoms with van der Waals surface area (Å²) in [7, 11) is 0. The first-order valence-electron chi connectivity index (χ1n) is 24.9. The molecule has 9 rings (SSSR count). The molecule has 3 aliphatic heterocycles. The predicted molar refractivity (Wildman–Crippen MR) is 272 cm³/mol. The quantitative estimate of drug-likeness (QED) is 0.130. The summed E-state index contributed by atoms with van der Waals surface area (Å²) < 4.78 is 15.1. The van der Waals surface area contributed by atoms with Crippen molar-refractivity contribution in [2.24, 2.45) is 5.92 Å². The Labute approximate surface area is 417 Å². The molecule has 3 aromatic heterocycles. The van der Waals surface area contributed by atoms with Gasteiger partial charge in [-0.05, 0) is 92.2 Å². The highest BCUT2D eigenvalue weighted by atomic mass is 19.1. The zero-order valence-electron chi connectivity index (χ0n) is 40.9. The molecule has 3 fully saturated rings. The van der Waals surface area contributed by atoms with Crippen LogP contribution in [0.5, 0.6) is 0 Å². The second kappa shape index (κ2) is 22.9. The summed E-state index contributed by atoms with van der Waals surface area (Å²) in [5, 5.41) is 14.0. The molecule has 0 bridgehead atoms. The third kappa shape index (κ3) is 12.1. The van der Waals surface area contributed by atoms with Gasteiger partial charge in [0, 0.05) is 94.4 Å². The van der Waals surface area contributed by atoms with Crippen LogP contribution in [0.3, 0.4) is 0 Å². The standard InChI is InChI=1S/C54H61FN12O5/c1-3-37-7-6-8-40(27-37)41-30-47(60-49(68)33-56-32-48-57-16-13-36(2)59-48)51(58-31-41)54(72)67-21-19-64(20-22-67)34-38-14-17-63(18-15-38)35-50(69)65-23-25-66(26-24-65)53(71)44-28-39(11-12-45(44)55)29-46-42-9-4-5-10-43(42)52(70)62-61-46/h4-13,16,27-28,30-31,38,56H,3,14-15,17-26,29,32-35H2,1-2H3,(H,60,68)(H,62,70). The molecule has 3 N–H and O–H groups in total. The van der Waals surface area contributed by atoms with E-state index in [1.807, 2.05) is 48.2 Å². The number of piperazine rings is 2. The Balaban J connectivity index is 0.722. The lowest BCUT2D eigenvalue weighted by molar-refractivity contribution is -0.134. The summed E-state index contributed by atoms with van der Waals surface area (Å²) in [6.07, 6.45) is 6.49. The molecule has 72 heavy (non-hydrogen) atoms. The van der Waals surface area contributed by atoms with Crippen LogP contribution in [0.4, 0.5) is 10.1 Å². The van der Waals surface area contributed by atoms with Gasteiger partial charge >= 0.3 is 0 Å². The van der Waals surface area contributed by atoms with Gasteiger partial charge in [0.05, 0.1) is 42.0 Å². The molecule has 0 spiro atoms. The maximum atomic E-state index is 15.1. The summed E-state index contributed by atoms with van der Waals surface area (Å²) in [4.78, 5) is 89.9. The van der Waals surface area contributed by atoms with E-state index in [0.29, 0.717) is 98.2 Å². The third-order valence-electron chi connectivity index (χ3n) is 14.0. The van der Waals surface area contributed by atoms with Gasteiger partial charge in [-0.15, -0.1) is 0 Å². The molecule has 3 aromatic carbocycles. The summed E-state index contributed by atoms with van der Waals surface area (Å²) >= 11 is 0. The molecule has 18 heteroatoms.